The number of Topliss-reactive ketones (excluding diaryl/α,β-unsaturated/α-hetero) is 1. The average molecular weight is 534 g/mol. The van der Waals surface area contributed by atoms with Gasteiger partial charge < -0.3 is 10.1 Å². The number of ketones is 1. The molecule has 2 unspecified atom stereocenters. The number of amides is 1. The molecule has 1 N–H and O–H groups in total. The molecule has 5 heteroatoms. The molecule has 1 amide bonds. The number of methoxy groups -OCH3 is 1. The van der Waals surface area contributed by atoms with E-state index in [1.807, 2.05) is 26.0 Å². The number of rotatable bonds is 11. The number of hydrogen-bond donors (Lipinski definition) is 1. The van der Waals surface area contributed by atoms with E-state index in [0.717, 1.165) is 53.7 Å². The fourth-order valence-corrected chi connectivity index (χ4v) is 5.03. The molecule has 0 saturated heterocycles. The Labute approximate surface area is 232 Å². The van der Waals surface area contributed by atoms with Gasteiger partial charge in [-0.2, -0.15) is 0 Å². The van der Waals surface area contributed by atoms with Crippen LogP contribution < -0.4 is 15.8 Å². The Morgan fingerprint density at radius 2 is 1.95 bits per heavy atom. The van der Waals surface area contributed by atoms with E-state index in [1.54, 1.807) is 31.4 Å². The number of benzene rings is 2. The predicted octanol–water partition coefficient (Wildman–Crippen LogP) is 6.19. The van der Waals surface area contributed by atoms with Crippen LogP contribution in [0.4, 0.5) is 0 Å². The van der Waals surface area contributed by atoms with Crippen molar-refractivity contribution in [2.75, 3.05) is 20.3 Å². The highest BCUT2D eigenvalue weighted by Gasteiger charge is 2.19. The molecular weight excluding hydrogens is 494 g/mol. The van der Waals surface area contributed by atoms with E-state index in [4.69, 9.17) is 16.3 Å². The molecule has 3 rings (SSSR count). The Hall–Kier alpha value is -2.95. The minimum absolute atomic E-state index is 0.0653. The first kappa shape index (κ1) is 29.6. The van der Waals surface area contributed by atoms with Crippen LogP contribution in [0.3, 0.4) is 0 Å². The summed E-state index contributed by atoms with van der Waals surface area (Å²) in [5.41, 5.74) is 3.34. The van der Waals surface area contributed by atoms with Crippen molar-refractivity contribution in [1.82, 2.24) is 5.32 Å². The predicted molar refractivity (Wildman–Crippen MR) is 158 cm³/mol. The quantitative estimate of drug-likeness (QED) is 0.213. The third kappa shape index (κ3) is 8.28. The molecule has 2 atom stereocenters. The molecule has 0 heterocycles. The van der Waals surface area contributed by atoms with Crippen molar-refractivity contribution in [3.63, 3.8) is 0 Å². The maximum Gasteiger partial charge on any atom is 0.251 e. The molecule has 1 aliphatic rings. The number of hydrogen-bond acceptors (Lipinski definition) is 3. The minimum atomic E-state index is -0.0653. The zero-order valence-electron chi connectivity index (χ0n) is 23.1. The standard InChI is InChI=1S/C33H40ClNO3/c1-5-30-24(3)31(33(37)35-21-22-38-4)20-17-26(30)12-9-23(2)7-6-8-25-10-13-27(14-11-25)32(36)28-15-18-29(34)19-16-28/h5-7,12-13,15-20,23,25H,8-11,14,21-22H2,1-4H3,(H,35,37). The summed E-state index contributed by atoms with van der Waals surface area (Å²) >= 11 is 5.94. The summed E-state index contributed by atoms with van der Waals surface area (Å²) in [4.78, 5) is 25.3. The van der Waals surface area contributed by atoms with E-state index in [-0.39, 0.29) is 11.7 Å². The SMILES string of the molecule is CC=c1c(C)c(C(=O)NCCOC)ccc1=CCC(C)C=CCC1CC=C(C(=O)c2ccc(Cl)cc2)CC1. The van der Waals surface area contributed by atoms with Crippen molar-refractivity contribution in [1.29, 1.82) is 0 Å². The molecule has 2 aromatic carbocycles. The molecule has 0 bridgehead atoms. The smallest absolute Gasteiger partial charge is 0.251 e. The molecule has 2 aromatic rings. The second-order valence-electron chi connectivity index (χ2n) is 10.1. The lowest BCUT2D eigenvalue weighted by Gasteiger charge is -2.20. The Balaban J connectivity index is 1.54. The maximum atomic E-state index is 12.7. The molecule has 0 spiro atoms. The summed E-state index contributed by atoms with van der Waals surface area (Å²) in [6, 6.07) is 11.1. The highest BCUT2D eigenvalue weighted by atomic mass is 35.5. The molecule has 202 valence electrons. The Bertz CT molecular complexity index is 1290. The lowest BCUT2D eigenvalue weighted by molar-refractivity contribution is 0.0935. The number of allylic oxidation sites excluding steroid dienone is 4. The Morgan fingerprint density at radius 3 is 2.61 bits per heavy atom. The zero-order valence-corrected chi connectivity index (χ0v) is 23.8. The van der Waals surface area contributed by atoms with Gasteiger partial charge in [0, 0.05) is 29.8 Å². The van der Waals surface area contributed by atoms with Gasteiger partial charge in [-0.05, 0) is 110 Å². The van der Waals surface area contributed by atoms with Crippen LogP contribution in [0.25, 0.3) is 12.2 Å². The molecule has 0 fully saturated rings. The highest BCUT2D eigenvalue weighted by molar-refractivity contribution is 6.30. The van der Waals surface area contributed by atoms with Crippen molar-refractivity contribution in [2.45, 2.75) is 52.9 Å². The van der Waals surface area contributed by atoms with E-state index in [2.05, 4.69) is 42.6 Å². The fraction of sp³-hybridized carbons (Fsp3) is 0.394. The van der Waals surface area contributed by atoms with Gasteiger partial charge in [-0.25, -0.2) is 0 Å². The van der Waals surface area contributed by atoms with E-state index in [0.29, 0.717) is 41.1 Å². The van der Waals surface area contributed by atoms with Gasteiger partial charge in [-0.1, -0.05) is 55.0 Å². The normalized spacial score (nSPS) is 17.5. The van der Waals surface area contributed by atoms with Crippen molar-refractivity contribution in [2.24, 2.45) is 11.8 Å². The largest absolute Gasteiger partial charge is 0.383 e. The molecule has 38 heavy (non-hydrogen) atoms. The number of nitrogens with one attached hydrogen (secondary N) is 1. The number of carbonyl (C=O) groups excluding carboxylic acids is 2. The van der Waals surface area contributed by atoms with Crippen LogP contribution in [0.5, 0.6) is 0 Å². The summed E-state index contributed by atoms with van der Waals surface area (Å²) in [6.07, 6.45) is 15.9. The van der Waals surface area contributed by atoms with Gasteiger partial charge in [0.25, 0.3) is 5.91 Å². The summed E-state index contributed by atoms with van der Waals surface area (Å²) < 4.78 is 5.02. The van der Waals surface area contributed by atoms with E-state index < -0.39 is 0 Å². The van der Waals surface area contributed by atoms with Crippen molar-refractivity contribution in [3.8, 4) is 0 Å². The van der Waals surface area contributed by atoms with Crippen molar-refractivity contribution in [3.05, 3.63) is 92.3 Å². The Kier molecular flexibility index (Phi) is 11.6. The van der Waals surface area contributed by atoms with Crippen LogP contribution in [-0.4, -0.2) is 32.0 Å². The van der Waals surface area contributed by atoms with Crippen LogP contribution >= 0.6 is 11.6 Å². The molecule has 4 nitrogen and oxygen atoms in total. The topological polar surface area (TPSA) is 55.4 Å². The van der Waals surface area contributed by atoms with E-state index >= 15 is 0 Å². The summed E-state index contributed by atoms with van der Waals surface area (Å²) in [7, 11) is 1.62. The Morgan fingerprint density at radius 1 is 1.18 bits per heavy atom. The zero-order chi connectivity index (χ0) is 27.5. The van der Waals surface area contributed by atoms with Crippen LogP contribution in [0.15, 0.2) is 60.2 Å². The third-order valence-corrected chi connectivity index (χ3v) is 7.49. The summed E-state index contributed by atoms with van der Waals surface area (Å²) in [5.74, 6) is 1.05. The molecular formula is C33H40ClNO3. The maximum absolute atomic E-state index is 12.7. The minimum Gasteiger partial charge on any atom is -0.383 e. The molecule has 0 aliphatic heterocycles. The highest BCUT2D eigenvalue weighted by Crippen LogP contribution is 2.29. The van der Waals surface area contributed by atoms with Gasteiger partial charge in [-0.15, -0.1) is 0 Å². The van der Waals surface area contributed by atoms with Gasteiger partial charge >= 0.3 is 0 Å². The lowest BCUT2D eigenvalue weighted by Crippen LogP contribution is -2.33. The molecule has 0 radical (unpaired) electrons. The first-order valence-corrected chi connectivity index (χ1v) is 13.9. The van der Waals surface area contributed by atoms with Crippen LogP contribution in [0.2, 0.25) is 5.02 Å². The lowest BCUT2D eigenvalue weighted by atomic mass is 9.84. The van der Waals surface area contributed by atoms with Crippen LogP contribution in [0, 0.1) is 18.8 Å². The molecule has 1 aliphatic carbocycles. The van der Waals surface area contributed by atoms with Gasteiger partial charge in [0.1, 0.15) is 0 Å². The van der Waals surface area contributed by atoms with Gasteiger partial charge in [0.15, 0.2) is 5.78 Å². The van der Waals surface area contributed by atoms with Crippen LogP contribution in [0.1, 0.15) is 72.2 Å². The number of halogens is 1. The second-order valence-corrected chi connectivity index (χ2v) is 10.5. The molecule has 0 saturated carbocycles. The first-order valence-electron chi connectivity index (χ1n) is 13.5. The van der Waals surface area contributed by atoms with Crippen molar-refractivity contribution >= 4 is 35.4 Å². The van der Waals surface area contributed by atoms with Gasteiger partial charge in [0.05, 0.1) is 6.61 Å². The van der Waals surface area contributed by atoms with E-state index in [9.17, 15) is 9.59 Å². The monoisotopic (exact) mass is 533 g/mol. The van der Waals surface area contributed by atoms with E-state index in [1.165, 1.54) is 0 Å². The second kappa shape index (κ2) is 14.8. The molecule has 0 aromatic heterocycles. The van der Waals surface area contributed by atoms with Gasteiger partial charge in [-0.3, -0.25) is 9.59 Å². The summed E-state index contributed by atoms with van der Waals surface area (Å²) in [6.45, 7) is 7.25. The average Bonchev–Trinajstić information content (AvgIpc) is 2.92. The van der Waals surface area contributed by atoms with Crippen LogP contribution in [-0.2, 0) is 4.74 Å². The third-order valence-electron chi connectivity index (χ3n) is 7.23. The number of carbonyl (C=O) groups is 2. The summed E-state index contributed by atoms with van der Waals surface area (Å²) in [5, 5.41) is 5.82. The number of ether oxygens (including phenoxy) is 1. The first-order chi connectivity index (χ1) is 18.3. The van der Waals surface area contributed by atoms with Crippen molar-refractivity contribution < 1.29 is 14.3 Å². The fourth-order valence-electron chi connectivity index (χ4n) is 4.91. The van der Waals surface area contributed by atoms with Gasteiger partial charge in [0.2, 0.25) is 0 Å².